The highest BCUT2D eigenvalue weighted by molar-refractivity contribution is 7.80. The molecule has 1 fully saturated rings. The molecule has 488 valence electrons. The largest absolute Gasteiger partial charge is 0.397 e. The Balaban J connectivity index is 2.12. The van der Waals surface area contributed by atoms with Crippen LogP contribution in [-0.2, 0) is 28.9 Å². The van der Waals surface area contributed by atoms with E-state index in [0.29, 0.717) is 6.42 Å². The predicted octanol–water partition coefficient (Wildman–Crippen LogP) is 18.5. The molecule has 0 aliphatic carbocycles. The molecule has 1 amide bonds. The van der Waals surface area contributed by atoms with E-state index in [9.17, 15) is 38.2 Å². The van der Waals surface area contributed by atoms with Crippen LogP contribution in [0.4, 0.5) is 0 Å². The Morgan fingerprint density at radius 3 is 1.06 bits per heavy atom. The first-order chi connectivity index (χ1) is 40.0. The Bertz CT molecular complexity index is 1490. The number of hydrogen-bond donors (Lipinski definition) is 6. The van der Waals surface area contributed by atoms with Crippen molar-refractivity contribution in [3.63, 3.8) is 0 Å². The molecule has 12 nitrogen and oxygen atoms in total. The van der Waals surface area contributed by atoms with Crippen LogP contribution in [0.5, 0.6) is 0 Å². The van der Waals surface area contributed by atoms with Crippen LogP contribution in [0.15, 0.2) is 12.2 Å². The first-order valence-electron chi connectivity index (χ1n) is 35.6. The minimum atomic E-state index is -5.09. The highest BCUT2D eigenvalue weighted by Gasteiger charge is 2.48. The number of ether oxygens (including phenoxy) is 2. The van der Waals surface area contributed by atoms with Crippen molar-refractivity contribution in [2.24, 2.45) is 0 Å². The summed E-state index contributed by atoms with van der Waals surface area (Å²) in [7, 11) is -5.09. The zero-order valence-corrected chi connectivity index (χ0v) is 54.4. The lowest BCUT2D eigenvalue weighted by Gasteiger charge is -2.41. The molecule has 7 unspecified atom stereocenters. The van der Waals surface area contributed by atoms with Crippen molar-refractivity contribution in [1.29, 1.82) is 0 Å². The van der Waals surface area contributed by atoms with Gasteiger partial charge in [-0.2, -0.15) is 8.42 Å². The number of unbranched alkanes of at least 4 members (excludes halogenated alkanes) is 52. The Hall–Kier alpha value is -1.16. The van der Waals surface area contributed by atoms with Crippen molar-refractivity contribution < 1.29 is 51.8 Å². The molecular weight excluding hydrogens is 1050 g/mol. The van der Waals surface area contributed by atoms with Crippen LogP contribution < -0.4 is 5.32 Å². The highest BCUT2D eigenvalue weighted by Crippen LogP contribution is 2.26. The van der Waals surface area contributed by atoms with Gasteiger partial charge in [0.15, 0.2) is 6.29 Å². The summed E-state index contributed by atoms with van der Waals surface area (Å²) in [6, 6.07) is -0.941. The summed E-state index contributed by atoms with van der Waals surface area (Å²) in [5.41, 5.74) is 0. The average molecular weight is 1190 g/mol. The third-order valence-electron chi connectivity index (χ3n) is 17.3. The number of aliphatic hydroxyl groups excluding tert-OH is 4. The van der Waals surface area contributed by atoms with E-state index in [4.69, 9.17) is 9.47 Å². The Morgan fingerprint density at radius 1 is 0.476 bits per heavy atom. The van der Waals surface area contributed by atoms with Gasteiger partial charge in [-0.1, -0.05) is 353 Å². The zero-order valence-electron chi connectivity index (χ0n) is 53.6. The molecule has 1 rings (SSSR count). The van der Waals surface area contributed by atoms with E-state index in [1.165, 1.54) is 302 Å². The molecule has 0 bridgehead atoms. The lowest BCUT2D eigenvalue weighted by Crippen LogP contribution is -2.61. The van der Waals surface area contributed by atoms with Crippen molar-refractivity contribution >= 4 is 16.3 Å². The lowest BCUT2D eigenvalue weighted by molar-refractivity contribution is -0.298. The van der Waals surface area contributed by atoms with Gasteiger partial charge in [0, 0.05) is 6.42 Å². The predicted molar refractivity (Wildman–Crippen MR) is 342 cm³/mol. The number of allylic oxidation sites excluding steroid dienone is 1. The number of nitrogens with one attached hydrogen (secondary N) is 1. The van der Waals surface area contributed by atoms with Gasteiger partial charge < -0.3 is 35.2 Å². The van der Waals surface area contributed by atoms with Crippen LogP contribution >= 0.6 is 0 Å². The maximum Gasteiger partial charge on any atom is 0.397 e. The fourth-order valence-electron chi connectivity index (χ4n) is 11.9. The molecule has 7 atom stereocenters. The average Bonchev–Trinajstić information content (AvgIpc) is 3.62. The first-order valence-corrected chi connectivity index (χ1v) is 36.9. The smallest absolute Gasteiger partial charge is 0.394 e. The fraction of sp³-hybridized carbons (Fsp3) is 0.957. The molecule has 1 heterocycles. The van der Waals surface area contributed by atoms with Crippen LogP contribution in [0.25, 0.3) is 0 Å². The molecule has 82 heavy (non-hydrogen) atoms. The second kappa shape index (κ2) is 58.8. The van der Waals surface area contributed by atoms with E-state index < -0.39 is 59.9 Å². The highest BCUT2D eigenvalue weighted by atomic mass is 32.3. The SMILES string of the molecule is CCCCCCCCCCCCCCCC/C=C/C(O)C(COC1OC(CO)C(O)C(OS(=O)(=O)O)C1O)NC(=O)CCCCCCCCCCCCCCCCCCCCCCCCCCCCCCCCCCCCCCCCC. The minimum absolute atomic E-state index is 0.254. The van der Waals surface area contributed by atoms with E-state index in [1.54, 1.807) is 6.08 Å². The van der Waals surface area contributed by atoms with E-state index in [1.807, 2.05) is 6.08 Å². The van der Waals surface area contributed by atoms with Crippen molar-refractivity contribution in [2.45, 2.75) is 410 Å². The van der Waals surface area contributed by atoms with Crippen molar-refractivity contribution in [2.75, 3.05) is 13.2 Å². The molecule has 1 saturated heterocycles. The molecule has 0 aromatic carbocycles. The standard InChI is InChI=1S/C69H135NO11S/c1-3-5-7-9-11-13-15-17-19-21-22-23-24-25-26-27-28-29-30-31-32-33-34-35-36-37-38-39-40-41-42-43-45-47-49-51-53-55-57-59-65(73)70-62(61-79-69-67(75)68(81-82(76,77)78)66(74)64(60-71)80-69)63(72)58-56-54-52-50-48-46-44-20-18-16-14-12-10-8-6-4-2/h56,58,62-64,66-69,71-72,74-75H,3-55,57,59-61H2,1-2H3,(H,70,73)(H,76,77,78)/b58-56+. The van der Waals surface area contributed by atoms with Crippen molar-refractivity contribution in [3.8, 4) is 0 Å². The maximum absolute atomic E-state index is 13.2. The van der Waals surface area contributed by atoms with Gasteiger partial charge in [-0.05, 0) is 19.3 Å². The van der Waals surface area contributed by atoms with Crippen LogP contribution in [0.2, 0.25) is 0 Å². The number of hydrogen-bond acceptors (Lipinski definition) is 10. The van der Waals surface area contributed by atoms with Gasteiger partial charge in [-0.15, -0.1) is 0 Å². The van der Waals surface area contributed by atoms with Gasteiger partial charge in [0.2, 0.25) is 5.91 Å². The normalized spacial score (nSPS) is 18.5. The molecule has 0 saturated carbocycles. The Kier molecular flexibility index (Phi) is 56.6. The molecule has 0 spiro atoms. The molecule has 0 aromatic rings. The van der Waals surface area contributed by atoms with E-state index in [-0.39, 0.29) is 18.9 Å². The van der Waals surface area contributed by atoms with Crippen LogP contribution in [0, 0.1) is 0 Å². The summed E-state index contributed by atoms with van der Waals surface area (Å²) in [5, 5.41) is 45.1. The summed E-state index contributed by atoms with van der Waals surface area (Å²) in [6.45, 7) is 3.45. The third kappa shape index (κ3) is 49.9. The molecule has 1 aliphatic rings. The van der Waals surface area contributed by atoms with Gasteiger partial charge in [-0.3, -0.25) is 9.35 Å². The lowest BCUT2D eigenvalue weighted by atomic mass is 9.99. The van der Waals surface area contributed by atoms with Crippen LogP contribution in [-0.4, -0.2) is 95.4 Å². The number of carbonyl (C=O) groups excluding carboxylic acids is 1. The molecule has 6 N–H and O–H groups in total. The molecule has 1 aliphatic heterocycles. The van der Waals surface area contributed by atoms with E-state index >= 15 is 0 Å². The number of carbonyl (C=O) groups is 1. The second-order valence-electron chi connectivity index (χ2n) is 25.2. The quantitative estimate of drug-likeness (QED) is 0.0193. The summed E-state index contributed by atoms with van der Waals surface area (Å²) in [5.74, 6) is -0.254. The van der Waals surface area contributed by atoms with Gasteiger partial charge in [0.05, 0.1) is 25.4 Å². The second-order valence-corrected chi connectivity index (χ2v) is 26.2. The number of amides is 1. The summed E-state index contributed by atoms with van der Waals surface area (Å²) >= 11 is 0. The third-order valence-corrected chi connectivity index (χ3v) is 17.8. The first kappa shape index (κ1) is 78.9. The zero-order chi connectivity index (χ0) is 59.7. The molecular formula is C69H135NO11S. The Morgan fingerprint density at radius 2 is 0.768 bits per heavy atom. The topological polar surface area (TPSA) is 192 Å². The summed E-state index contributed by atoms with van der Waals surface area (Å²) < 4.78 is 48.0. The minimum Gasteiger partial charge on any atom is -0.394 e. The van der Waals surface area contributed by atoms with E-state index in [2.05, 4.69) is 23.3 Å². The Labute approximate surface area is 506 Å². The van der Waals surface area contributed by atoms with Crippen LogP contribution in [0.3, 0.4) is 0 Å². The van der Waals surface area contributed by atoms with Crippen LogP contribution in [0.1, 0.15) is 367 Å². The number of rotatable bonds is 64. The monoisotopic (exact) mass is 1190 g/mol. The van der Waals surface area contributed by atoms with Crippen molar-refractivity contribution in [1.82, 2.24) is 5.32 Å². The fourth-order valence-corrected chi connectivity index (χ4v) is 12.4. The maximum atomic E-state index is 13.2. The van der Waals surface area contributed by atoms with E-state index in [0.717, 1.165) is 38.5 Å². The van der Waals surface area contributed by atoms with Gasteiger partial charge >= 0.3 is 10.4 Å². The van der Waals surface area contributed by atoms with Crippen molar-refractivity contribution in [3.05, 3.63) is 12.2 Å². The molecule has 13 heteroatoms. The van der Waals surface area contributed by atoms with Gasteiger partial charge in [0.1, 0.15) is 24.4 Å². The number of aliphatic hydroxyl groups is 4. The molecule has 0 aromatic heterocycles. The van der Waals surface area contributed by atoms with Gasteiger partial charge in [-0.25, -0.2) is 4.18 Å². The summed E-state index contributed by atoms with van der Waals surface area (Å²) in [4.78, 5) is 13.2. The summed E-state index contributed by atoms with van der Waals surface area (Å²) in [6.07, 6.45) is 66.0. The van der Waals surface area contributed by atoms with Gasteiger partial charge in [0.25, 0.3) is 0 Å². The molecule has 0 radical (unpaired) electrons.